The van der Waals surface area contributed by atoms with Crippen LogP contribution in [0.25, 0.3) is 11.3 Å². The molecule has 0 aliphatic carbocycles. The van der Waals surface area contributed by atoms with Gasteiger partial charge in [0.05, 0.1) is 18.7 Å². The molecule has 0 unspecified atom stereocenters. The Labute approximate surface area is 111 Å². The minimum atomic E-state index is 0.0470. The van der Waals surface area contributed by atoms with E-state index in [1.54, 1.807) is 6.20 Å². The van der Waals surface area contributed by atoms with Gasteiger partial charge in [0.2, 0.25) is 5.91 Å². The molecule has 19 heavy (non-hydrogen) atoms. The molecule has 2 aromatic rings. The van der Waals surface area contributed by atoms with E-state index in [4.69, 9.17) is 0 Å². The van der Waals surface area contributed by atoms with E-state index >= 15 is 0 Å². The van der Waals surface area contributed by atoms with Gasteiger partial charge in [0.15, 0.2) is 0 Å². The van der Waals surface area contributed by atoms with Gasteiger partial charge in [-0.25, -0.2) is 9.97 Å². The molecule has 0 radical (unpaired) electrons. The normalized spacial score (nSPS) is 13.2. The predicted octanol–water partition coefficient (Wildman–Crippen LogP) is 1.36. The lowest BCUT2D eigenvalue weighted by atomic mass is 10.1. The molecular formula is C14H14N4O. The summed E-state index contributed by atoms with van der Waals surface area (Å²) >= 11 is 0. The molecule has 5 heteroatoms. The summed E-state index contributed by atoms with van der Waals surface area (Å²) < 4.78 is 0. The molecule has 96 valence electrons. The Morgan fingerprint density at radius 3 is 3.11 bits per heavy atom. The van der Waals surface area contributed by atoms with Crippen molar-refractivity contribution in [3.63, 3.8) is 0 Å². The Morgan fingerprint density at radius 2 is 2.26 bits per heavy atom. The van der Waals surface area contributed by atoms with Crippen LogP contribution in [0.3, 0.4) is 0 Å². The van der Waals surface area contributed by atoms with Gasteiger partial charge in [-0.3, -0.25) is 4.79 Å². The zero-order valence-corrected chi connectivity index (χ0v) is 10.6. The highest BCUT2D eigenvalue weighted by molar-refractivity contribution is 5.99. The summed E-state index contributed by atoms with van der Waals surface area (Å²) in [6.45, 7) is 0.638. The smallest absolute Gasteiger partial charge is 0.228 e. The number of fused-ring (bicyclic) bond motifs is 1. The second kappa shape index (κ2) is 4.78. The number of amides is 1. The Bertz CT molecular complexity index is 639. The summed E-state index contributed by atoms with van der Waals surface area (Å²) in [6.07, 6.45) is 2.20. The van der Waals surface area contributed by atoms with Crippen LogP contribution >= 0.6 is 0 Å². The Kier molecular flexibility index (Phi) is 2.97. The van der Waals surface area contributed by atoms with Gasteiger partial charge in [-0.1, -0.05) is 6.07 Å². The summed E-state index contributed by atoms with van der Waals surface area (Å²) in [6, 6.07) is 7.79. The number of carbonyl (C=O) groups is 1. The highest BCUT2D eigenvalue weighted by Crippen LogP contribution is 2.28. The topological polar surface area (TPSA) is 66.9 Å². The van der Waals surface area contributed by atoms with Gasteiger partial charge in [0, 0.05) is 17.4 Å². The number of nitrogens with one attached hydrogen (secondary N) is 2. The molecule has 0 atom stereocenters. The van der Waals surface area contributed by atoms with Gasteiger partial charge in [-0.15, -0.1) is 0 Å². The largest absolute Gasteiger partial charge is 0.326 e. The number of anilines is 1. The summed E-state index contributed by atoms with van der Waals surface area (Å²) in [7, 11) is 1.86. The summed E-state index contributed by atoms with van der Waals surface area (Å²) in [5, 5.41) is 5.86. The molecule has 1 aromatic carbocycles. The van der Waals surface area contributed by atoms with Crippen LogP contribution in [-0.2, 0) is 17.8 Å². The highest BCUT2D eigenvalue weighted by Gasteiger charge is 2.17. The number of carbonyl (C=O) groups excluding carboxylic acids is 1. The van der Waals surface area contributed by atoms with Gasteiger partial charge < -0.3 is 10.6 Å². The van der Waals surface area contributed by atoms with Gasteiger partial charge in [-0.2, -0.15) is 0 Å². The fraction of sp³-hybridized carbons (Fsp3) is 0.214. The van der Waals surface area contributed by atoms with E-state index in [2.05, 4.69) is 20.6 Å². The standard InChI is InChI=1S/C14H14N4O/c1-15-8-13-16-5-4-12(17-13)9-2-3-11-10(6-9)7-14(19)18-11/h2-6,15H,7-8H2,1H3,(H,18,19). The third-order valence-corrected chi connectivity index (χ3v) is 3.07. The molecule has 1 aromatic heterocycles. The molecule has 2 N–H and O–H groups in total. The van der Waals surface area contributed by atoms with Crippen molar-refractivity contribution in [1.29, 1.82) is 0 Å². The fourth-order valence-electron chi connectivity index (χ4n) is 2.19. The van der Waals surface area contributed by atoms with Crippen molar-refractivity contribution in [2.75, 3.05) is 12.4 Å². The van der Waals surface area contributed by atoms with E-state index in [0.29, 0.717) is 13.0 Å². The van der Waals surface area contributed by atoms with Gasteiger partial charge >= 0.3 is 0 Å². The minimum absolute atomic E-state index is 0.0470. The van der Waals surface area contributed by atoms with Gasteiger partial charge in [-0.05, 0) is 30.8 Å². The number of hydrogen-bond donors (Lipinski definition) is 2. The Hall–Kier alpha value is -2.27. The first-order valence-corrected chi connectivity index (χ1v) is 6.16. The molecule has 1 amide bonds. The molecular weight excluding hydrogens is 240 g/mol. The first-order valence-electron chi connectivity index (χ1n) is 6.16. The number of benzene rings is 1. The lowest BCUT2D eigenvalue weighted by Crippen LogP contribution is -2.09. The van der Waals surface area contributed by atoms with Gasteiger partial charge in [0.25, 0.3) is 0 Å². The maximum absolute atomic E-state index is 11.3. The molecule has 5 nitrogen and oxygen atoms in total. The average Bonchev–Trinajstić information content (AvgIpc) is 2.78. The van der Waals surface area contributed by atoms with Crippen molar-refractivity contribution >= 4 is 11.6 Å². The van der Waals surface area contributed by atoms with E-state index in [9.17, 15) is 4.79 Å². The average molecular weight is 254 g/mol. The van der Waals surface area contributed by atoms with E-state index in [1.165, 1.54) is 0 Å². The Morgan fingerprint density at radius 1 is 1.37 bits per heavy atom. The van der Waals surface area contributed by atoms with E-state index in [-0.39, 0.29) is 5.91 Å². The quantitative estimate of drug-likeness (QED) is 0.868. The number of aromatic nitrogens is 2. The first-order chi connectivity index (χ1) is 9.26. The van der Waals surface area contributed by atoms with Crippen LogP contribution < -0.4 is 10.6 Å². The van der Waals surface area contributed by atoms with Gasteiger partial charge in [0.1, 0.15) is 5.82 Å². The van der Waals surface area contributed by atoms with Crippen molar-refractivity contribution in [2.24, 2.45) is 0 Å². The summed E-state index contributed by atoms with van der Waals surface area (Å²) in [5.74, 6) is 0.806. The molecule has 3 rings (SSSR count). The Balaban J connectivity index is 1.96. The molecule has 0 saturated carbocycles. The van der Waals surface area contributed by atoms with E-state index in [0.717, 1.165) is 28.3 Å². The van der Waals surface area contributed by atoms with Crippen LogP contribution in [0.15, 0.2) is 30.5 Å². The molecule has 0 spiro atoms. The van der Waals surface area contributed by atoms with Crippen LogP contribution in [0.5, 0.6) is 0 Å². The number of nitrogens with zero attached hydrogens (tertiary/aromatic N) is 2. The molecule has 1 aliphatic heterocycles. The van der Waals surface area contributed by atoms with Crippen LogP contribution in [0.2, 0.25) is 0 Å². The fourth-order valence-corrected chi connectivity index (χ4v) is 2.19. The molecule has 0 saturated heterocycles. The molecule has 2 heterocycles. The van der Waals surface area contributed by atoms with Crippen LogP contribution in [0.4, 0.5) is 5.69 Å². The minimum Gasteiger partial charge on any atom is -0.326 e. The highest BCUT2D eigenvalue weighted by atomic mass is 16.1. The van der Waals surface area contributed by atoms with Crippen molar-refractivity contribution in [3.05, 3.63) is 41.9 Å². The van der Waals surface area contributed by atoms with Crippen LogP contribution in [-0.4, -0.2) is 22.9 Å². The van der Waals surface area contributed by atoms with E-state index < -0.39 is 0 Å². The van der Waals surface area contributed by atoms with E-state index in [1.807, 2.05) is 31.3 Å². The molecule has 0 fully saturated rings. The van der Waals surface area contributed by atoms with Crippen LogP contribution in [0, 0.1) is 0 Å². The third kappa shape index (κ3) is 2.32. The lowest BCUT2D eigenvalue weighted by molar-refractivity contribution is -0.115. The maximum atomic E-state index is 11.3. The molecule has 1 aliphatic rings. The zero-order chi connectivity index (χ0) is 13.2. The second-order valence-electron chi connectivity index (χ2n) is 4.49. The monoisotopic (exact) mass is 254 g/mol. The second-order valence-corrected chi connectivity index (χ2v) is 4.49. The maximum Gasteiger partial charge on any atom is 0.228 e. The van der Waals surface area contributed by atoms with Crippen molar-refractivity contribution in [1.82, 2.24) is 15.3 Å². The lowest BCUT2D eigenvalue weighted by Gasteiger charge is -2.05. The van der Waals surface area contributed by atoms with Crippen LogP contribution in [0.1, 0.15) is 11.4 Å². The molecule has 0 bridgehead atoms. The SMILES string of the molecule is CNCc1nccc(-c2ccc3c(c2)CC(=O)N3)n1. The third-order valence-electron chi connectivity index (χ3n) is 3.07. The predicted molar refractivity (Wildman–Crippen MR) is 72.6 cm³/mol. The number of rotatable bonds is 3. The summed E-state index contributed by atoms with van der Waals surface area (Å²) in [4.78, 5) is 20.0. The number of hydrogen-bond acceptors (Lipinski definition) is 4. The zero-order valence-electron chi connectivity index (χ0n) is 10.6. The summed E-state index contributed by atoms with van der Waals surface area (Å²) in [5.41, 5.74) is 3.81. The van der Waals surface area contributed by atoms with Crippen molar-refractivity contribution in [2.45, 2.75) is 13.0 Å². The van der Waals surface area contributed by atoms with Crippen molar-refractivity contribution < 1.29 is 4.79 Å². The van der Waals surface area contributed by atoms with Crippen molar-refractivity contribution in [3.8, 4) is 11.3 Å². The first kappa shape index (κ1) is 11.8.